The number of aromatic nitrogens is 2. The Balaban J connectivity index is 2.43. The molecule has 1 aliphatic rings. The zero-order chi connectivity index (χ0) is 14.9. The standard InChI is InChI=1S/C13H22ClN3O2S/c1-10-6-4-5-8-17(10)20(18,19)13-11(2)15-16(9-7-14)12(13)3/h10H,4-9H2,1-3H3. The first kappa shape index (κ1) is 15.8. The van der Waals surface area contributed by atoms with Crippen molar-refractivity contribution in [3.05, 3.63) is 11.4 Å². The van der Waals surface area contributed by atoms with Crippen molar-refractivity contribution >= 4 is 21.6 Å². The van der Waals surface area contributed by atoms with Gasteiger partial charge in [0.15, 0.2) is 0 Å². The maximum atomic E-state index is 12.9. The molecule has 1 aromatic rings. The molecule has 0 amide bonds. The van der Waals surface area contributed by atoms with Gasteiger partial charge < -0.3 is 0 Å². The van der Waals surface area contributed by atoms with Crippen LogP contribution in [0.25, 0.3) is 0 Å². The lowest BCUT2D eigenvalue weighted by atomic mass is 10.1. The van der Waals surface area contributed by atoms with Gasteiger partial charge in [-0.05, 0) is 33.6 Å². The van der Waals surface area contributed by atoms with Crippen LogP contribution >= 0.6 is 11.6 Å². The summed E-state index contributed by atoms with van der Waals surface area (Å²) in [7, 11) is -3.46. The normalized spacial score (nSPS) is 21.3. The number of halogens is 1. The fourth-order valence-electron chi connectivity index (χ4n) is 2.90. The number of hydrogen-bond acceptors (Lipinski definition) is 3. The van der Waals surface area contributed by atoms with Crippen LogP contribution in [-0.4, -0.2) is 41.0 Å². The molecule has 0 N–H and O–H groups in total. The molecule has 7 heteroatoms. The molecule has 0 spiro atoms. The molecule has 0 saturated carbocycles. The van der Waals surface area contributed by atoms with Crippen LogP contribution in [-0.2, 0) is 16.6 Å². The predicted molar refractivity (Wildman–Crippen MR) is 79.6 cm³/mol. The van der Waals surface area contributed by atoms with Crippen molar-refractivity contribution in [3.63, 3.8) is 0 Å². The monoisotopic (exact) mass is 319 g/mol. The van der Waals surface area contributed by atoms with Crippen LogP contribution in [0.3, 0.4) is 0 Å². The molecule has 114 valence electrons. The topological polar surface area (TPSA) is 55.2 Å². The van der Waals surface area contributed by atoms with Gasteiger partial charge in [0, 0.05) is 18.5 Å². The Bertz CT molecular complexity index is 583. The number of aryl methyl sites for hydroxylation is 2. The highest BCUT2D eigenvalue weighted by Gasteiger charge is 2.34. The van der Waals surface area contributed by atoms with Gasteiger partial charge in [-0.3, -0.25) is 4.68 Å². The van der Waals surface area contributed by atoms with Crippen LogP contribution in [0.2, 0.25) is 0 Å². The Kier molecular flexibility index (Phi) is 4.76. The molecule has 2 heterocycles. The van der Waals surface area contributed by atoms with Gasteiger partial charge in [-0.1, -0.05) is 6.42 Å². The number of rotatable bonds is 4. The quantitative estimate of drug-likeness (QED) is 0.800. The summed E-state index contributed by atoms with van der Waals surface area (Å²) < 4.78 is 29.1. The molecule has 1 saturated heterocycles. The Morgan fingerprint density at radius 1 is 1.35 bits per heavy atom. The van der Waals surface area contributed by atoms with E-state index in [1.807, 2.05) is 6.92 Å². The van der Waals surface area contributed by atoms with Crippen LogP contribution in [0.15, 0.2) is 4.90 Å². The summed E-state index contributed by atoms with van der Waals surface area (Å²) in [6.07, 6.45) is 2.95. The number of piperidine rings is 1. The Labute approximate surface area is 126 Å². The van der Waals surface area contributed by atoms with E-state index in [-0.39, 0.29) is 6.04 Å². The summed E-state index contributed by atoms with van der Waals surface area (Å²) in [6.45, 7) is 6.65. The van der Waals surface area contributed by atoms with E-state index in [0.717, 1.165) is 19.3 Å². The smallest absolute Gasteiger partial charge is 0.246 e. The van der Waals surface area contributed by atoms with Crippen LogP contribution in [0.5, 0.6) is 0 Å². The molecule has 1 atom stereocenters. The zero-order valence-corrected chi connectivity index (χ0v) is 13.8. The molecule has 1 aromatic heterocycles. The average Bonchev–Trinajstić information content (AvgIpc) is 2.65. The van der Waals surface area contributed by atoms with Crippen molar-refractivity contribution in [2.75, 3.05) is 12.4 Å². The maximum Gasteiger partial charge on any atom is 0.246 e. The third-order valence-electron chi connectivity index (χ3n) is 3.92. The van der Waals surface area contributed by atoms with E-state index in [1.165, 1.54) is 0 Å². The van der Waals surface area contributed by atoms with Crippen molar-refractivity contribution in [1.82, 2.24) is 14.1 Å². The Morgan fingerprint density at radius 2 is 2.05 bits per heavy atom. The summed E-state index contributed by atoms with van der Waals surface area (Å²) in [4.78, 5) is 0.358. The minimum atomic E-state index is -3.46. The number of nitrogens with zero attached hydrogens (tertiary/aromatic N) is 3. The molecule has 1 aliphatic heterocycles. The number of sulfonamides is 1. The van der Waals surface area contributed by atoms with E-state index in [9.17, 15) is 8.42 Å². The predicted octanol–water partition coefficient (Wildman–Crippen LogP) is 2.30. The largest absolute Gasteiger partial charge is 0.267 e. The number of hydrogen-bond donors (Lipinski definition) is 0. The van der Waals surface area contributed by atoms with Gasteiger partial charge in [0.05, 0.1) is 17.9 Å². The lowest BCUT2D eigenvalue weighted by molar-refractivity contribution is 0.268. The van der Waals surface area contributed by atoms with E-state index in [0.29, 0.717) is 35.3 Å². The van der Waals surface area contributed by atoms with Crippen LogP contribution in [0.4, 0.5) is 0 Å². The third-order valence-corrected chi connectivity index (χ3v) is 6.36. The van der Waals surface area contributed by atoms with Crippen molar-refractivity contribution in [1.29, 1.82) is 0 Å². The van der Waals surface area contributed by atoms with Crippen molar-refractivity contribution in [3.8, 4) is 0 Å². The fourth-order valence-corrected chi connectivity index (χ4v) is 5.13. The lowest BCUT2D eigenvalue weighted by Crippen LogP contribution is -2.42. The third kappa shape index (κ3) is 2.73. The van der Waals surface area contributed by atoms with Gasteiger partial charge in [0.2, 0.25) is 10.0 Å². The second-order valence-corrected chi connectivity index (χ2v) is 7.58. The molecule has 1 fully saturated rings. The minimum Gasteiger partial charge on any atom is -0.267 e. The molecule has 20 heavy (non-hydrogen) atoms. The molecule has 0 aromatic carbocycles. The highest BCUT2D eigenvalue weighted by molar-refractivity contribution is 7.89. The summed E-state index contributed by atoms with van der Waals surface area (Å²) in [5, 5.41) is 4.31. The summed E-state index contributed by atoms with van der Waals surface area (Å²) in [6, 6.07) is 0.0592. The lowest BCUT2D eigenvalue weighted by Gasteiger charge is -2.32. The van der Waals surface area contributed by atoms with E-state index in [4.69, 9.17) is 11.6 Å². The van der Waals surface area contributed by atoms with Crippen LogP contribution in [0.1, 0.15) is 37.6 Å². The summed E-state index contributed by atoms with van der Waals surface area (Å²) in [5.41, 5.74) is 1.24. The van der Waals surface area contributed by atoms with Crippen molar-refractivity contribution in [2.24, 2.45) is 0 Å². The van der Waals surface area contributed by atoms with E-state index >= 15 is 0 Å². The summed E-state index contributed by atoms with van der Waals surface area (Å²) in [5.74, 6) is 0.418. The van der Waals surface area contributed by atoms with Crippen LogP contribution in [0, 0.1) is 13.8 Å². The SMILES string of the molecule is Cc1nn(CCCl)c(C)c1S(=O)(=O)N1CCCCC1C. The summed E-state index contributed by atoms with van der Waals surface area (Å²) >= 11 is 5.74. The van der Waals surface area contributed by atoms with Gasteiger partial charge in [0.25, 0.3) is 0 Å². The van der Waals surface area contributed by atoms with Gasteiger partial charge in [-0.25, -0.2) is 8.42 Å². The van der Waals surface area contributed by atoms with Crippen molar-refractivity contribution < 1.29 is 8.42 Å². The molecular formula is C13H22ClN3O2S. The minimum absolute atomic E-state index is 0.0592. The fraction of sp³-hybridized carbons (Fsp3) is 0.769. The van der Waals surface area contributed by atoms with Crippen LogP contribution < -0.4 is 0 Å². The second-order valence-electron chi connectivity index (χ2n) is 5.37. The molecular weight excluding hydrogens is 298 g/mol. The number of alkyl halides is 1. The highest BCUT2D eigenvalue weighted by atomic mass is 35.5. The second kappa shape index (κ2) is 6.03. The van der Waals surface area contributed by atoms with Gasteiger partial charge in [0.1, 0.15) is 4.90 Å². The molecule has 0 radical (unpaired) electrons. The van der Waals surface area contributed by atoms with E-state index < -0.39 is 10.0 Å². The molecule has 2 rings (SSSR count). The molecule has 0 aliphatic carbocycles. The molecule has 5 nitrogen and oxygen atoms in total. The average molecular weight is 320 g/mol. The zero-order valence-electron chi connectivity index (χ0n) is 12.3. The van der Waals surface area contributed by atoms with Gasteiger partial charge in [-0.15, -0.1) is 11.6 Å². The first-order valence-electron chi connectivity index (χ1n) is 7.01. The Morgan fingerprint density at radius 3 is 2.65 bits per heavy atom. The molecule has 0 bridgehead atoms. The van der Waals surface area contributed by atoms with E-state index in [2.05, 4.69) is 5.10 Å². The van der Waals surface area contributed by atoms with E-state index in [1.54, 1.807) is 22.8 Å². The van der Waals surface area contributed by atoms with Crippen molar-refractivity contribution in [2.45, 2.75) is 57.5 Å². The maximum absolute atomic E-state index is 12.9. The highest BCUT2D eigenvalue weighted by Crippen LogP contribution is 2.28. The Hall–Kier alpha value is -0.590. The first-order chi connectivity index (χ1) is 9.39. The molecule has 1 unspecified atom stereocenters. The van der Waals surface area contributed by atoms with Gasteiger partial charge in [-0.2, -0.15) is 9.40 Å². The first-order valence-corrected chi connectivity index (χ1v) is 8.99. The van der Waals surface area contributed by atoms with Gasteiger partial charge >= 0.3 is 0 Å².